The Labute approximate surface area is 242 Å². The van der Waals surface area contributed by atoms with Crippen LogP contribution in [0.25, 0.3) is 0 Å². The van der Waals surface area contributed by atoms with Crippen LogP contribution in [-0.4, -0.2) is 53.7 Å². The summed E-state index contributed by atoms with van der Waals surface area (Å²) < 4.78 is 32.0. The summed E-state index contributed by atoms with van der Waals surface area (Å²) in [6, 6.07) is 28.8. The zero-order valence-corrected chi connectivity index (χ0v) is 23.1. The maximum atomic E-state index is 13.6. The minimum absolute atomic E-state index is 0.0529. The monoisotopic (exact) mass is 572 g/mol. The topological polar surface area (TPSA) is 118 Å². The minimum atomic E-state index is -1.65. The quantitative estimate of drug-likeness (QED) is 0.257. The Morgan fingerprint density at radius 3 is 2.12 bits per heavy atom. The van der Waals surface area contributed by atoms with Crippen molar-refractivity contribution in [3.63, 3.8) is 0 Å². The van der Waals surface area contributed by atoms with Crippen LogP contribution in [0.5, 0.6) is 0 Å². The van der Waals surface area contributed by atoms with E-state index in [1.807, 2.05) is 60.7 Å². The van der Waals surface area contributed by atoms with E-state index in [2.05, 4.69) is 4.98 Å². The van der Waals surface area contributed by atoms with E-state index in [1.165, 1.54) is 23.9 Å². The highest BCUT2D eigenvalue weighted by Gasteiger charge is 2.62. The van der Waals surface area contributed by atoms with Crippen molar-refractivity contribution >= 4 is 5.97 Å². The van der Waals surface area contributed by atoms with Crippen LogP contribution in [-0.2, 0) is 36.9 Å². The molecule has 1 fully saturated rings. The molecule has 2 heterocycles. The molecule has 10 nitrogen and oxygen atoms in total. The first-order valence-electron chi connectivity index (χ1n) is 13.5. The van der Waals surface area contributed by atoms with Crippen LogP contribution in [0, 0.1) is 0 Å². The van der Waals surface area contributed by atoms with Gasteiger partial charge in [-0.2, -0.15) is 0 Å². The van der Waals surface area contributed by atoms with Gasteiger partial charge in [0.1, 0.15) is 12.2 Å². The maximum absolute atomic E-state index is 13.6. The van der Waals surface area contributed by atoms with Crippen LogP contribution in [0.4, 0.5) is 0 Å². The van der Waals surface area contributed by atoms with Crippen LogP contribution >= 0.6 is 0 Å². The zero-order valence-electron chi connectivity index (χ0n) is 23.1. The van der Waals surface area contributed by atoms with Crippen LogP contribution in [0.3, 0.4) is 0 Å². The van der Waals surface area contributed by atoms with Gasteiger partial charge in [0.25, 0.3) is 5.56 Å². The molecule has 1 aromatic heterocycles. The fourth-order valence-corrected chi connectivity index (χ4v) is 5.05. The van der Waals surface area contributed by atoms with Gasteiger partial charge in [-0.05, 0) is 23.3 Å². The molecule has 0 unspecified atom stereocenters. The third kappa shape index (κ3) is 6.58. The first-order valence-corrected chi connectivity index (χ1v) is 13.5. The number of nitrogens with one attached hydrogen (secondary N) is 1. The molecule has 0 bridgehead atoms. The molecular formula is C32H32N2O8. The second kappa shape index (κ2) is 13.5. The molecule has 0 saturated carbocycles. The number of aromatic amines is 1. The number of ether oxygens (including phenoxy) is 5. The fraction of sp³-hybridized carbons (Fsp3) is 0.281. The number of carbonyl (C=O) groups excluding carboxylic acids is 1. The molecule has 1 N–H and O–H groups in total. The molecule has 0 radical (unpaired) electrons. The highest BCUT2D eigenvalue weighted by atomic mass is 16.7. The number of rotatable bonds is 12. The summed E-state index contributed by atoms with van der Waals surface area (Å²) in [4.78, 5) is 40.8. The number of carbonyl (C=O) groups is 1. The van der Waals surface area contributed by atoms with E-state index in [0.29, 0.717) is 12.2 Å². The van der Waals surface area contributed by atoms with Crippen molar-refractivity contribution in [2.45, 2.75) is 37.3 Å². The summed E-state index contributed by atoms with van der Waals surface area (Å²) in [7, 11) is 1.46. The van der Waals surface area contributed by atoms with E-state index in [4.69, 9.17) is 23.7 Å². The van der Waals surface area contributed by atoms with Gasteiger partial charge in [-0.25, -0.2) is 9.59 Å². The third-order valence-corrected chi connectivity index (χ3v) is 6.97. The van der Waals surface area contributed by atoms with Crippen LogP contribution in [0.2, 0.25) is 0 Å². The van der Waals surface area contributed by atoms with Gasteiger partial charge in [0.15, 0.2) is 6.23 Å². The normalized spacial score (nSPS) is 21.7. The van der Waals surface area contributed by atoms with Gasteiger partial charge in [0.2, 0.25) is 5.60 Å². The lowest BCUT2D eigenvalue weighted by molar-refractivity contribution is -0.160. The van der Waals surface area contributed by atoms with Gasteiger partial charge in [-0.3, -0.25) is 14.3 Å². The van der Waals surface area contributed by atoms with Gasteiger partial charge >= 0.3 is 11.7 Å². The van der Waals surface area contributed by atoms with Crippen LogP contribution < -0.4 is 11.2 Å². The molecule has 0 aliphatic carbocycles. The molecule has 0 amide bonds. The van der Waals surface area contributed by atoms with E-state index in [0.717, 1.165) is 11.1 Å². The first-order chi connectivity index (χ1) is 20.5. The molecule has 42 heavy (non-hydrogen) atoms. The average Bonchev–Trinajstić information content (AvgIpc) is 3.29. The largest absolute Gasteiger partial charge is 0.445 e. The molecule has 218 valence electrons. The van der Waals surface area contributed by atoms with Crippen molar-refractivity contribution in [1.29, 1.82) is 0 Å². The van der Waals surface area contributed by atoms with Crippen molar-refractivity contribution in [2.75, 3.05) is 20.3 Å². The highest BCUT2D eigenvalue weighted by Crippen LogP contribution is 2.44. The number of aromatic nitrogens is 2. The molecule has 4 atom stereocenters. The van der Waals surface area contributed by atoms with Gasteiger partial charge in [-0.15, -0.1) is 0 Å². The number of hydrogen-bond donors (Lipinski definition) is 1. The summed E-state index contributed by atoms with van der Waals surface area (Å²) in [5.41, 5.74) is -0.828. The summed E-state index contributed by atoms with van der Waals surface area (Å²) in [6.45, 7) is 0.329. The first kappa shape index (κ1) is 29.2. The lowest BCUT2D eigenvalue weighted by Crippen LogP contribution is -2.56. The maximum Gasteiger partial charge on any atom is 0.339 e. The van der Waals surface area contributed by atoms with Crippen molar-refractivity contribution in [1.82, 2.24) is 9.55 Å². The predicted molar refractivity (Wildman–Crippen MR) is 153 cm³/mol. The predicted octanol–water partition coefficient (Wildman–Crippen LogP) is 3.48. The number of H-pyrrole nitrogens is 1. The molecule has 5 rings (SSSR count). The summed E-state index contributed by atoms with van der Waals surface area (Å²) >= 11 is 0. The molecule has 1 aliphatic rings. The molecule has 1 saturated heterocycles. The van der Waals surface area contributed by atoms with Crippen LogP contribution in [0.15, 0.2) is 113 Å². The number of hydrogen-bond acceptors (Lipinski definition) is 8. The fourth-order valence-electron chi connectivity index (χ4n) is 5.05. The van der Waals surface area contributed by atoms with Crippen molar-refractivity contribution in [3.8, 4) is 0 Å². The lowest BCUT2D eigenvalue weighted by atomic mass is 9.93. The molecule has 4 aromatic rings. The second-order valence-corrected chi connectivity index (χ2v) is 9.91. The van der Waals surface area contributed by atoms with Crippen molar-refractivity contribution in [3.05, 3.63) is 141 Å². The Hall–Kier alpha value is -4.35. The molecule has 3 aromatic carbocycles. The average molecular weight is 573 g/mol. The minimum Gasteiger partial charge on any atom is -0.445 e. The number of benzene rings is 3. The molecule has 0 spiro atoms. The summed E-state index contributed by atoms with van der Waals surface area (Å²) in [6.07, 6.45) is -1.65. The van der Waals surface area contributed by atoms with Crippen molar-refractivity contribution < 1.29 is 28.5 Å². The van der Waals surface area contributed by atoms with Crippen molar-refractivity contribution in [2.24, 2.45) is 0 Å². The zero-order chi connectivity index (χ0) is 29.4. The Bertz CT molecular complexity index is 1560. The SMILES string of the molecule is COC[C@@]1(OC(=O)c2ccccc2)[C@H](OCc2ccccc2)[C@@H](COCc2ccccc2)O[C@H]1n1ccc(=O)[nH]c1=O. The number of methoxy groups -OCH3 is 1. The van der Waals surface area contributed by atoms with Gasteiger partial charge in [0, 0.05) is 19.4 Å². The van der Waals surface area contributed by atoms with E-state index < -0.39 is 41.3 Å². The smallest absolute Gasteiger partial charge is 0.339 e. The molecule has 1 aliphatic heterocycles. The summed E-state index contributed by atoms with van der Waals surface area (Å²) in [5.74, 6) is -0.655. The second-order valence-electron chi connectivity index (χ2n) is 9.91. The van der Waals surface area contributed by atoms with E-state index in [9.17, 15) is 14.4 Å². The van der Waals surface area contributed by atoms with Gasteiger partial charge < -0.3 is 23.7 Å². The summed E-state index contributed by atoms with van der Waals surface area (Å²) in [5, 5.41) is 0. The van der Waals surface area contributed by atoms with E-state index in [1.54, 1.807) is 30.3 Å². The Kier molecular flexibility index (Phi) is 9.40. The number of esters is 1. The Morgan fingerprint density at radius 1 is 0.881 bits per heavy atom. The number of nitrogens with zero attached hydrogens (tertiary/aromatic N) is 1. The van der Waals surface area contributed by atoms with Gasteiger partial charge in [0.05, 0.1) is 32.0 Å². The van der Waals surface area contributed by atoms with Gasteiger partial charge in [-0.1, -0.05) is 78.9 Å². The highest BCUT2D eigenvalue weighted by molar-refractivity contribution is 5.89. The van der Waals surface area contributed by atoms with Crippen LogP contribution in [0.1, 0.15) is 27.7 Å². The lowest BCUT2D eigenvalue weighted by Gasteiger charge is -2.37. The molecular weight excluding hydrogens is 540 g/mol. The van der Waals surface area contributed by atoms with E-state index in [-0.39, 0.29) is 19.8 Å². The third-order valence-electron chi connectivity index (χ3n) is 6.97. The standard InChI is InChI=1S/C32H32N2O8/c1-38-22-32(42-29(36)25-15-9-4-10-16-25)28(40-20-24-13-7-3-8-14-24)26(21-39-19-23-11-5-2-6-12-23)41-30(32)34-18-17-27(35)33-31(34)37/h2-18,26,28,30H,19-22H2,1H3,(H,33,35,37)/t26-,28-,30-,32-/m1/s1. The Morgan fingerprint density at radius 2 is 1.50 bits per heavy atom. The van der Waals surface area contributed by atoms with E-state index >= 15 is 0 Å². The Balaban J connectivity index is 1.55. The molecule has 10 heteroatoms.